The quantitative estimate of drug-likeness (QED) is 0.912. The fraction of sp³-hybridized carbons (Fsp3) is 0.333. The fourth-order valence-electron chi connectivity index (χ4n) is 2.05. The summed E-state index contributed by atoms with van der Waals surface area (Å²) in [7, 11) is 2.06. The highest BCUT2D eigenvalue weighted by atomic mass is 15.1. The van der Waals surface area contributed by atoms with Crippen molar-refractivity contribution in [2.75, 3.05) is 12.8 Å². The van der Waals surface area contributed by atoms with E-state index < -0.39 is 0 Å². The molecule has 0 amide bonds. The number of rotatable bonds is 4. The summed E-state index contributed by atoms with van der Waals surface area (Å²) in [4.78, 5) is 10.6. The molecule has 100 valence electrons. The van der Waals surface area contributed by atoms with Gasteiger partial charge in [-0.3, -0.25) is 4.90 Å². The van der Waals surface area contributed by atoms with Crippen molar-refractivity contribution in [3.8, 4) is 0 Å². The Morgan fingerprint density at radius 3 is 2.68 bits per heavy atom. The molecule has 0 fully saturated rings. The van der Waals surface area contributed by atoms with Crippen LogP contribution in [-0.2, 0) is 13.1 Å². The number of nitrogen functional groups attached to an aromatic ring is 1. The van der Waals surface area contributed by atoms with Gasteiger partial charge < -0.3 is 5.73 Å². The summed E-state index contributed by atoms with van der Waals surface area (Å²) in [5.74, 6) is 1.28. The third-order valence-electron chi connectivity index (χ3n) is 3.08. The van der Waals surface area contributed by atoms with Crippen LogP contribution in [0, 0.1) is 13.8 Å². The predicted molar refractivity (Wildman–Crippen MR) is 77.5 cm³/mol. The molecule has 1 heterocycles. The molecule has 0 radical (unpaired) electrons. The lowest BCUT2D eigenvalue weighted by Crippen LogP contribution is -2.19. The molecule has 0 aliphatic heterocycles. The average Bonchev–Trinajstić information content (AvgIpc) is 2.34. The maximum atomic E-state index is 5.66. The Morgan fingerprint density at radius 1 is 1.16 bits per heavy atom. The van der Waals surface area contributed by atoms with E-state index in [1.807, 2.05) is 0 Å². The summed E-state index contributed by atoms with van der Waals surface area (Å²) in [6.45, 7) is 5.83. The molecular formula is C15H20N4. The molecule has 0 spiro atoms. The number of nitrogens with two attached hydrogens (primary N) is 1. The van der Waals surface area contributed by atoms with Crippen molar-refractivity contribution in [2.24, 2.45) is 0 Å². The standard InChI is InChI=1S/C15H20N4/c1-11-4-5-12(2)13(8-11)9-19(3)10-15-17-7-6-14(16)18-15/h4-8H,9-10H2,1-3H3,(H2,16,17,18). The lowest BCUT2D eigenvalue weighted by Gasteiger charge is -2.17. The van der Waals surface area contributed by atoms with E-state index in [1.54, 1.807) is 12.3 Å². The van der Waals surface area contributed by atoms with Gasteiger partial charge >= 0.3 is 0 Å². The maximum Gasteiger partial charge on any atom is 0.144 e. The molecule has 0 bridgehead atoms. The Hall–Kier alpha value is -1.94. The van der Waals surface area contributed by atoms with E-state index in [0.29, 0.717) is 12.4 Å². The lowest BCUT2D eigenvalue weighted by molar-refractivity contribution is 0.310. The van der Waals surface area contributed by atoms with Crippen LogP contribution in [0.4, 0.5) is 5.82 Å². The molecule has 0 unspecified atom stereocenters. The molecule has 0 aliphatic carbocycles. The molecule has 2 rings (SSSR count). The highest BCUT2D eigenvalue weighted by Gasteiger charge is 2.06. The Labute approximate surface area is 114 Å². The van der Waals surface area contributed by atoms with Crippen LogP contribution in [0.1, 0.15) is 22.5 Å². The number of aromatic nitrogens is 2. The first-order chi connectivity index (χ1) is 9.04. The summed E-state index contributed by atoms with van der Waals surface area (Å²) in [6.07, 6.45) is 1.70. The molecule has 0 saturated carbocycles. The number of aryl methyl sites for hydroxylation is 2. The van der Waals surface area contributed by atoms with Crippen LogP contribution >= 0.6 is 0 Å². The third kappa shape index (κ3) is 3.76. The van der Waals surface area contributed by atoms with E-state index >= 15 is 0 Å². The van der Waals surface area contributed by atoms with Gasteiger partial charge in [0.2, 0.25) is 0 Å². The smallest absolute Gasteiger partial charge is 0.144 e. The van der Waals surface area contributed by atoms with E-state index in [-0.39, 0.29) is 0 Å². The molecule has 1 aromatic heterocycles. The number of hydrogen-bond donors (Lipinski definition) is 1. The van der Waals surface area contributed by atoms with E-state index in [2.05, 4.69) is 54.0 Å². The second-order valence-electron chi connectivity index (χ2n) is 5.00. The largest absolute Gasteiger partial charge is 0.384 e. The zero-order valence-corrected chi connectivity index (χ0v) is 11.7. The van der Waals surface area contributed by atoms with Crippen molar-refractivity contribution < 1.29 is 0 Å². The molecule has 1 aromatic carbocycles. The van der Waals surface area contributed by atoms with Gasteiger partial charge in [0.25, 0.3) is 0 Å². The number of hydrogen-bond acceptors (Lipinski definition) is 4. The minimum absolute atomic E-state index is 0.519. The Bertz CT molecular complexity index is 566. The second-order valence-corrected chi connectivity index (χ2v) is 5.00. The van der Waals surface area contributed by atoms with Crippen LogP contribution in [0.25, 0.3) is 0 Å². The summed E-state index contributed by atoms with van der Waals surface area (Å²) < 4.78 is 0. The van der Waals surface area contributed by atoms with Gasteiger partial charge in [-0.05, 0) is 38.1 Å². The van der Waals surface area contributed by atoms with Gasteiger partial charge in [0, 0.05) is 12.7 Å². The topological polar surface area (TPSA) is 55.0 Å². The van der Waals surface area contributed by atoms with Gasteiger partial charge in [0.1, 0.15) is 11.6 Å². The molecule has 0 atom stereocenters. The SMILES string of the molecule is Cc1ccc(C)c(CN(C)Cc2nccc(N)n2)c1. The minimum atomic E-state index is 0.519. The average molecular weight is 256 g/mol. The summed E-state index contributed by atoms with van der Waals surface area (Å²) in [5.41, 5.74) is 9.60. The van der Waals surface area contributed by atoms with Crippen LogP contribution in [0.3, 0.4) is 0 Å². The van der Waals surface area contributed by atoms with Crippen molar-refractivity contribution in [3.63, 3.8) is 0 Å². The third-order valence-corrected chi connectivity index (χ3v) is 3.08. The van der Waals surface area contributed by atoms with Gasteiger partial charge in [-0.1, -0.05) is 23.8 Å². The van der Waals surface area contributed by atoms with Gasteiger partial charge in [-0.15, -0.1) is 0 Å². The zero-order chi connectivity index (χ0) is 13.8. The van der Waals surface area contributed by atoms with E-state index in [4.69, 9.17) is 5.73 Å². The van der Waals surface area contributed by atoms with Crippen molar-refractivity contribution in [1.82, 2.24) is 14.9 Å². The van der Waals surface area contributed by atoms with Crippen LogP contribution in [0.2, 0.25) is 0 Å². The highest BCUT2D eigenvalue weighted by Crippen LogP contribution is 2.13. The molecule has 2 N–H and O–H groups in total. The minimum Gasteiger partial charge on any atom is -0.384 e. The molecular weight excluding hydrogens is 236 g/mol. The summed E-state index contributed by atoms with van der Waals surface area (Å²) in [6, 6.07) is 8.23. The Kier molecular flexibility index (Phi) is 4.12. The molecule has 4 nitrogen and oxygen atoms in total. The molecule has 4 heteroatoms. The molecule has 0 saturated heterocycles. The summed E-state index contributed by atoms with van der Waals surface area (Å²) in [5, 5.41) is 0. The van der Waals surface area contributed by atoms with Gasteiger partial charge in [-0.25, -0.2) is 9.97 Å². The Morgan fingerprint density at radius 2 is 1.95 bits per heavy atom. The second kappa shape index (κ2) is 5.80. The highest BCUT2D eigenvalue weighted by molar-refractivity contribution is 5.30. The van der Waals surface area contributed by atoms with Crippen LogP contribution in [-0.4, -0.2) is 21.9 Å². The van der Waals surface area contributed by atoms with Crippen LogP contribution in [0.15, 0.2) is 30.5 Å². The predicted octanol–water partition coefficient (Wildman–Crippen LogP) is 2.31. The zero-order valence-electron chi connectivity index (χ0n) is 11.7. The van der Waals surface area contributed by atoms with E-state index in [9.17, 15) is 0 Å². The lowest BCUT2D eigenvalue weighted by atomic mass is 10.1. The first kappa shape index (κ1) is 13.5. The van der Waals surface area contributed by atoms with E-state index in [0.717, 1.165) is 12.4 Å². The molecule has 0 aliphatic rings. The van der Waals surface area contributed by atoms with Crippen LogP contribution < -0.4 is 5.73 Å². The molecule has 2 aromatic rings. The van der Waals surface area contributed by atoms with Crippen molar-refractivity contribution >= 4 is 5.82 Å². The number of nitrogens with zero attached hydrogens (tertiary/aromatic N) is 3. The van der Waals surface area contributed by atoms with Crippen molar-refractivity contribution in [3.05, 3.63) is 53.0 Å². The normalized spacial score (nSPS) is 10.9. The van der Waals surface area contributed by atoms with Crippen molar-refractivity contribution in [1.29, 1.82) is 0 Å². The van der Waals surface area contributed by atoms with Crippen molar-refractivity contribution in [2.45, 2.75) is 26.9 Å². The number of benzene rings is 1. The van der Waals surface area contributed by atoms with Gasteiger partial charge in [-0.2, -0.15) is 0 Å². The fourth-order valence-corrected chi connectivity index (χ4v) is 2.05. The first-order valence-electron chi connectivity index (χ1n) is 6.36. The van der Waals surface area contributed by atoms with Gasteiger partial charge in [0.05, 0.1) is 6.54 Å². The van der Waals surface area contributed by atoms with E-state index in [1.165, 1.54) is 16.7 Å². The number of anilines is 1. The molecule has 19 heavy (non-hydrogen) atoms. The summed E-state index contributed by atoms with van der Waals surface area (Å²) >= 11 is 0. The van der Waals surface area contributed by atoms with Crippen LogP contribution in [0.5, 0.6) is 0 Å². The van der Waals surface area contributed by atoms with Gasteiger partial charge in [0.15, 0.2) is 0 Å². The first-order valence-corrected chi connectivity index (χ1v) is 6.36. The Balaban J connectivity index is 2.05. The maximum absolute atomic E-state index is 5.66. The monoisotopic (exact) mass is 256 g/mol.